The van der Waals surface area contributed by atoms with Gasteiger partial charge >= 0.3 is 0 Å². The van der Waals surface area contributed by atoms with E-state index in [1.54, 1.807) is 0 Å². The zero-order chi connectivity index (χ0) is 16.5. The Hall–Kier alpha value is -0.300. The third-order valence-corrected chi connectivity index (χ3v) is 3.94. The van der Waals surface area contributed by atoms with Gasteiger partial charge < -0.3 is 4.90 Å². The largest absolute Gasteiger partial charge is 0.303 e. The standard InChI is InChI=1S/C13H27N.C5H10.C2H6/c1-3-5-6-8-13-9-7-11-14(12-13)10-4-2;1-4-5(2)3;1-2/h13H,3-12H2,1-2H3;4H,1-3H3;1-2H3. The summed E-state index contributed by atoms with van der Waals surface area (Å²) in [5, 5.41) is 0. The van der Waals surface area contributed by atoms with Crippen molar-refractivity contribution in [2.24, 2.45) is 5.92 Å². The third kappa shape index (κ3) is 15.9. The zero-order valence-electron chi connectivity index (χ0n) is 16.2. The molecule has 1 heteroatoms. The fourth-order valence-corrected chi connectivity index (χ4v) is 2.59. The van der Waals surface area contributed by atoms with Crippen LogP contribution in [0.5, 0.6) is 0 Å². The van der Waals surface area contributed by atoms with Crippen molar-refractivity contribution >= 4 is 0 Å². The minimum atomic E-state index is 1.02. The summed E-state index contributed by atoms with van der Waals surface area (Å²) < 4.78 is 0. The lowest BCUT2D eigenvalue weighted by Crippen LogP contribution is -2.35. The minimum Gasteiger partial charge on any atom is -0.303 e. The SMILES string of the molecule is CC.CC=C(C)C.CCCCCC1CCCN(CCC)C1. The second-order valence-corrected chi connectivity index (χ2v) is 6.17. The molecule has 1 atom stereocenters. The lowest BCUT2D eigenvalue weighted by Gasteiger charge is -2.32. The highest BCUT2D eigenvalue weighted by Crippen LogP contribution is 2.21. The van der Waals surface area contributed by atoms with Gasteiger partial charge in [-0.25, -0.2) is 0 Å². The summed E-state index contributed by atoms with van der Waals surface area (Å²) in [6.45, 7) is 18.9. The highest BCUT2D eigenvalue weighted by Gasteiger charge is 2.18. The zero-order valence-corrected chi connectivity index (χ0v) is 16.2. The molecule has 0 bridgehead atoms. The number of likely N-dealkylation sites (tertiary alicyclic amines) is 1. The molecular formula is C20H43N. The molecule has 0 saturated carbocycles. The number of piperidine rings is 1. The third-order valence-electron chi connectivity index (χ3n) is 3.94. The van der Waals surface area contributed by atoms with Gasteiger partial charge in [0.25, 0.3) is 0 Å². The molecule has 128 valence electrons. The molecule has 0 radical (unpaired) electrons. The predicted octanol–water partition coefficient (Wildman–Crippen LogP) is 6.69. The van der Waals surface area contributed by atoms with E-state index < -0.39 is 0 Å². The van der Waals surface area contributed by atoms with Crippen LogP contribution in [0, 0.1) is 5.92 Å². The van der Waals surface area contributed by atoms with Crippen LogP contribution in [0.2, 0.25) is 0 Å². The van der Waals surface area contributed by atoms with E-state index in [1.165, 1.54) is 70.2 Å². The Kier molecular flexibility index (Phi) is 19.4. The van der Waals surface area contributed by atoms with Gasteiger partial charge in [-0.2, -0.15) is 0 Å². The quantitative estimate of drug-likeness (QED) is 0.390. The Balaban J connectivity index is 0. The average Bonchev–Trinajstić information content (AvgIpc) is 2.51. The van der Waals surface area contributed by atoms with Crippen molar-refractivity contribution in [2.45, 2.75) is 93.4 Å². The molecule has 0 spiro atoms. The van der Waals surface area contributed by atoms with Crippen LogP contribution in [0.4, 0.5) is 0 Å². The minimum absolute atomic E-state index is 1.02. The first-order chi connectivity index (χ1) is 10.1. The Morgan fingerprint density at radius 3 is 2.19 bits per heavy atom. The number of hydrogen-bond acceptors (Lipinski definition) is 1. The maximum absolute atomic E-state index is 2.67. The number of hydrogen-bond donors (Lipinski definition) is 0. The first-order valence-electron chi connectivity index (χ1n) is 9.45. The summed E-state index contributed by atoms with van der Waals surface area (Å²) >= 11 is 0. The van der Waals surface area contributed by atoms with E-state index in [1.807, 2.05) is 20.8 Å². The molecule has 1 unspecified atom stereocenters. The first-order valence-corrected chi connectivity index (χ1v) is 9.45. The van der Waals surface area contributed by atoms with Crippen LogP contribution in [0.3, 0.4) is 0 Å². The van der Waals surface area contributed by atoms with Crippen molar-refractivity contribution in [1.29, 1.82) is 0 Å². The van der Waals surface area contributed by atoms with E-state index in [-0.39, 0.29) is 0 Å². The van der Waals surface area contributed by atoms with E-state index in [9.17, 15) is 0 Å². The molecule has 0 aliphatic carbocycles. The maximum atomic E-state index is 2.67. The topological polar surface area (TPSA) is 3.24 Å². The lowest BCUT2D eigenvalue weighted by atomic mass is 9.92. The van der Waals surface area contributed by atoms with Crippen molar-refractivity contribution in [3.05, 3.63) is 11.6 Å². The summed E-state index contributed by atoms with van der Waals surface area (Å²) in [5.74, 6) is 1.02. The van der Waals surface area contributed by atoms with Crippen LogP contribution in [0.25, 0.3) is 0 Å². The molecule has 0 N–H and O–H groups in total. The highest BCUT2D eigenvalue weighted by molar-refractivity contribution is 4.88. The van der Waals surface area contributed by atoms with Gasteiger partial charge in [-0.3, -0.25) is 0 Å². The van der Waals surface area contributed by atoms with Crippen molar-refractivity contribution in [3.63, 3.8) is 0 Å². The Labute approximate surface area is 136 Å². The van der Waals surface area contributed by atoms with Crippen LogP contribution < -0.4 is 0 Å². The summed E-state index contributed by atoms with van der Waals surface area (Å²) in [4.78, 5) is 2.67. The smallest absolute Gasteiger partial charge is 0.000966 e. The van der Waals surface area contributed by atoms with Crippen molar-refractivity contribution in [3.8, 4) is 0 Å². The number of nitrogens with zero attached hydrogens (tertiary/aromatic N) is 1. The summed E-state index contributed by atoms with van der Waals surface area (Å²) in [6, 6.07) is 0. The van der Waals surface area contributed by atoms with Crippen molar-refractivity contribution < 1.29 is 0 Å². The summed E-state index contributed by atoms with van der Waals surface area (Å²) in [6.07, 6.45) is 12.1. The number of rotatable bonds is 6. The molecule has 0 aromatic rings. The van der Waals surface area contributed by atoms with Gasteiger partial charge in [-0.1, -0.05) is 58.6 Å². The maximum Gasteiger partial charge on any atom is 0.000966 e. The van der Waals surface area contributed by atoms with Crippen LogP contribution in [0.1, 0.15) is 93.4 Å². The van der Waals surface area contributed by atoms with Crippen LogP contribution in [0.15, 0.2) is 11.6 Å². The van der Waals surface area contributed by atoms with Gasteiger partial charge in [0.2, 0.25) is 0 Å². The monoisotopic (exact) mass is 297 g/mol. The molecular weight excluding hydrogens is 254 g/mol. The number of unbranched alkanes of at least 4 members (excludes halogenated alkanes) is 2. The van der Waals surface area contributed by atoms with E-state index in [0.29, 0.717) is 0 Å². The van der Waals surface area contributed by atoms with Gasteiger partial charge in [-0.05, 0) is 65.5 Å². The van der Waals surface area contributed by atoms with Crippen LogP contribution in [-0.2, 0) is 0 Å². The molecule has 1 fully saturated rings. The molecule has 21 heavy (non-hydrogen) atoms. The van der Waals surface area contributed by atoms with Gasteiger partial charge in [0, 0.05) is 6.54 Å². The molecule has 1 aliphatic rings. The second-order valence-electron chi connectivity index (χ2n) is 6.17. The lowest BCUT2D eigenvalue weighted by molar-refractivity contribution is 0.167. The van der Waals surface area contributed by atoms with Gasteiger partial charge in [0.1, 0.15) is 0 Å². The van der Waals surface area contributed by atoms with Crippen LogP contribution in [-0.4, -0.2) is 24.5 Å². The molecule has 0 amide bonds. The molecule has 1 heterocycles. The van der Waals surface area contributed by atoms with Crippen molar-refractivity contribution in [1.82, 2.24) is 4.90 Å². The normalized spacial score (nSPS) is 18.0. The molecule has 0 aromatic carbocycles. The van der Waals surface area contributed by atoms with Gasteiger partial charge in [0.15, 0.2) is 0 Å². The Morgan fingerprint density at radius 2 is 1.71 bits per heavy atom. The van der Waals surface area contributed by atoms with E-state index in [0.717, 1.165) is 5.92 Å². The van der Waals surface area contributed by atoms with E-state index in [4.69, 9.17) is 0 Å². The Bertz CT molecular complexity index is 214. The number of allylic oxidation sites excluding steroid dienone is 2. The van der Waals surface area contributed by atoms with E-state index >= 15 is 0 Å². The van der Waals surface area contributed by atoms with Gasteiger partial charge in [0.05, 0.1) is 0 Å². The average molecular weight is 298 g/mol. The first kappa shape index (κ1) is 23.0. The Morgan fingerprint density at radius 1 is 1.10 bits per heavy atom. The molecule has 1 nitrogen and oxygen atoms in total. The fourth-order valence-electron chi connectivity index (χ4n) is 2.59. The summed E-state index contributed by atoms with van der Waals surface area (Å²) in [7, 11) is 0. The van der Waals surface area contributed by atoms with Crippen molar-refractivity contribution in [2.75, 3.05) is 19.6 Å². The highest BCUT2D eigenvalue weighted by atomic mass is 15.1. The molecule has 1 rings (SSSR count). The molecule has 1 saturated heterocycles. The van der Waals surface area contributed by atoms with Crippen LogP contribution >= 0.6 is 0 Å². The second kappa shape index (κ2) is 17.8. The summed E-state index contributed by atoms with van der Waals surface area (Å²) in [5.41, 5.74) is 1.38. The molecule has 0 aromatic heterocycles. The van der Waals surface area contributed by atoms with E-state index in [2.05, 4.69) is 38.7 Å². The van der Waals surface area contributed by atoms with Gasteiger partial charge in [-0.15, -0.1) is 0 Å². The molecule has 1 aliphatic heterocycles. The fraction of sp³-hybridized carbons (Fsp3) is 0.900. The predicted molar refractivity (Wildman–Crippen MR) is 100 cm³/mol.